The van der Waals surface area contributed by atoms with Crippen molar-refractivity contribution in [1.29, 1.82) is 0 Å². The van der Waals surface area contributed by atoms with E-state index in [0.29, 0.717) is 25.4 Å². The maximum atomic E-state index is 12.1. The van der Waals surface area contributed by atoms with Crippen molar-refractivity contribution >= 4 is 23.1 Å². The SMILES string of the molecule is CCC(C(=O)N1CCC(C(C)O)CC1)C(N)=S. The molecular weight excluding hydrogens is 236 g/mol. The normalized spacial score (nSPS) is 21.0. The fourth-order valence-electron chi connectivity index (χ4n) is 2.32. The van der Waals surface area contributed by atoms with E-state index >= 15 is 0 Å². The monoisotopic (exact) mass is 258 g/mol. The van der Waals surface area contributed by atoms with Crippen molar-refractivity contribution in [3.8, 4) is 0 Å². The summed E-state index contributed by atoms with van der Waals surface area (Å²) in [5, 5.41) is 9.50. The van der Waals surface area contributed by atoms with E-state index in [2.05, 4.69) is 0 Å². The summed E-state index contributed by atoms with van der Waals surface area (Å²) in [6.07, 6.45) is 2.09. The number of amides is 1. The lowest BCUT2D eigenvalue weighted by Gasteiger charge is -2.35. The van der Waals surface area contributed by atoms with Gasteiger partial charge in [-0.2, -0.15) is 0 Å². The van der Waals surface area contributed by atoms with Crippen molar-refractivity contribution in [2.24, 2.45) is 17.6 Å². The lowest BCUT2D eigenvalue weighted by Crippen LogP contribution is -2.46. The van der Waals surface area contributed by atoms with E-state index in [1.807, 2.05) is 18.7 Å². The second-order valence-corrected chi connectivity index (χ2v) is 5.24. The standard InChI is InChI=1S/C12H22N2O2S/c1-3-10(11(13)17)12(16)14-6-4-9(5-7-14)8(2)15/h8-10,15H,3-7H2,1-2H3,(H2,13,17). The number of aliphatic hydroxyl groups is 1. The number of nitrogens with zero attached hydrogens (tertiary/aromatic N) is 1. The van der Waals surface area contributed by atoms with Crippen LogP contribution in [-0.2, 0) is 4.79 Å². The van der Waals surface area contributed by atoms with Gasteiger partial charge in [0, 0.05) is 13.1 Å². The molecule has 1 fully saturated rings. The molecule has 0 spiro atoms. The Morgan fingerprint density at radius 1 is 1.53 bits per heavy atom. The number of likely N-dealkylation sites (tertiary alicyclic amines) is 1. The Kier molecular flexibility index (Phi) is 5.33. The molecule has 0 aromatic rings. The summed E-state index contributed by atoms with van der Waals surface area (Å²) < 4.78 is 0. The molecule has 0 saturated carbocycles. The molecule has 2 atom stereocenters. The second kappa shape index (κ2) is 6.31. The zero-order chi connectivity index (χ0) is 13.0. The number of hydrogen-bond acceptors (Lipinski definition) is 3. The van der Waals surface area contributed by atoms with Gasteiger partial charge in [-0.15, -0.1) is 0 Å². The minimum atomic E-state index is -0.326. The minimum absolute atomic E-state index is 0.0454. The van der Waals surface area contributed by atoms with Crippen LogP contribution in [0.3, 0.4) is 0 Å². The van der Waals surface area contributed by atoms with Gasteiger partial charge in [-0.25, -0.2) is 0 Å². The number of nitrogens with two attached hydrogens (primary N) is 1. The summed E-state index contributed by atoms with van der Waals surface area (Å²) >= 11 is 4.92. The predicted octanol–water partition coefficient (Wildman–Crippen LogP) is 0.918. The van der Waals surface area contributed by atoms with Crippen molar-refractivity contribution in [1.82, 2.24) is 4.90 Å². The first-order valence-corrected chi connectivity index (χ1v) is 6.64. The number of rotatable bonds is 4. The van der Waals surface area contributed by atoms with E-state index in [1.165, 1.54) is 0 Å². The number of thiocarbonyl (C=S) groups is 1. The lowest BCUT2D eigenvalue weighted by atomic mass is 9.91. The van der Waals surface area contributed by atoms with Gasteiger partial charge in [-0.3, -0.25) is 4.79 Å². The third-order valence-corrected chi connectivity index (χ3v) is 3.87. The fraction of sp³-hybridized carbons (Fsp3) is 0.833. The van der Waals surface area contributed by atoms with Crippen molar-refractivity contribution in [3.05, 3.63) is 0 Å². The second-order valence-electron chi connectivity index (χ2n) is 4.77. The molecule has 1 rings (SSSR count). The highest BCUT2D eigenvalue weighted by molar-refractivity contribution is 7.80. The highest BCUT2D eigenvalue weighted by Crippen LogP contribution is 2.22. The van der Waals surface area contributed by atoms with Crippen LogP contribution < -0.4 is 5.73 Å². The van der Waals surface area contributed by atoms with Crippen molar-refractivity contribution in [2.45, 2.75) is 39.2 Å². The van der Waals surface area contributed by atoms with Gasteiger partial charge in [-0.1, -0.05) is 19.1 Å². The summed E-state index contributed by atoms with van der Waals surface area (Å²) in [6.45, 7) is 5.14. The smallest absolute Gasteiger partial charge is 0.232 e. The fourth-order valence-corrected chi connectivity index (χ4v) is 2.59. The van der Waals surface area contributed by atoms with Gasteiger partial charge in [-0.05, 0) is 32.1 Å². The molecule has 3 N–H and O–H groups in total. The molecule has 1 aliphatic rings. The molecular formula is C12H22N2O2S. The number of hydrogen-bond donors (Lipinski definition) is 2. The van der Waals surface area contributed by atoms with Gasteiger partial charge in [0.1, 0.15) is 0 Å². The molecule has 1 heterocycles. The average Bonchev–Trinajstić information content (AvgIpc) is 2.29. The maximum absolute atomic E-state index is 12.1. The first-order valence-electron chi connectivity index (χ1n) is 6.23. The molecule has 0 aromatic carbocycles. The zero-order valence-corrected chi connectivity index (χ0v) is 11.4. The number of carbonyl (C=O) groups is 1. The Labute approximate surface area is 108 Å². The largest absolute Gasteiger partial charge is 0.393 e. The van der Waals surface area contributed by atoms with Crippen LogP contribution in [0.5, 0.6) is 0 Å². The van der Waals surface area contributed by atoms with E-state index in [4.69, 9.17) is 18.0 Å². The molecule has 0 aromatic heterocycles. The average molecular weight is 258 g/mol. The first-order chi connectivity index (χ1) is 7.97. The zero-order valence-electron chi connectivity index (χ0n) is 10.6. The predicted molar refractivity (Wildman–Crippen MR) is 71.6 cm³/mol. The Hall–Kier alpha value is -0.680. The van der Waals surface area contributed by atoms with Crippen LogP contribution >= 0.6 is 12.2 Å². The van der Waals surface area contributed by atoms with Gasteiger partial charge >= 0.3 is 0 Å². The van der Waals surface area contributed by atoms with E-state index in [-0.39, 0.29) is 22.9 Å². The van der Waals surface area contributed by atoms with Crippen molar-refractivity contribution in [3.63, 3.8) is 0 Å². The van der Waals surface area contributed by atoms with Crippen LogP contribution in [0.2, 0.25) is 0 Å². The number of carbonyl (C=O) groups excluding carboxylic acids is 1. The van der Waals surface area contributed by atoms with Crippen LogP contribution in [0.4, 0.5) is 0 Å². The topological polar surface area (TPSA) is 66.6 Å². The maximum Gasteiger partial charge on any atom is 0.232 e. The molecule has 98 valence electrons. The molecule has 0 aliphatic carbocycles. The Balaban J connectivity index is 2.53. The van der Waals surface area contributed by atoms with Crippen LogP contribution in [0.15, 0.2) is 0 Å². The van der Waals surface area contributed by atoms with E-state index < -0.39 is 0 Å². The summed E-state index contributed by atoms with van der Waals surface area (Å²) in [7, 11) is 0. The van der Waals surface area contributed by atoms with Crippen LogP contribution in [0.25, 0.3) is 0 Å². The van der Waals surface area contributed by atoms with Crippen molar-refractivity contribution < 1.29 is 9.90 Å². The van der Waals surface area contributed by atoms with Crippen molar-refractivity contribution in [2.75, 3.05) is 13.1 Å². The van der Waals surface area contributed by atoms with Crippen LogP contribution in [0.1, 0.15) is 33.1 Å². The summed E-state index contributed by atoms with van der Waals surface area (Å²) in [6, 6.07) is 0. The molecule has 1 saturated heterocycles. The number of aliphatic hydroxyl groups excluding tert-OH is 1. The van der Waals surface area contributed by atoms with E-state index in [0.717, 1.165) is 12.8 Å². The minimum Gasteiger partial charge on any atom is -0.393 e. The Morgan fingerprint density at radius 3 is 2.41 bits per heavy atom. The molecule has 4 nitrogen and oxygen atoms in total. The molecule has 17 heavy (non-hydrogen) atoms. The highest BCUT2D eigenvalue weighted by Gasteiger charge is 2.29. The van der Waals surface area contributed by atoms with Gasteiger partial charge in [0.15, 0.2) is 0 Å². The first kappa shape index (κ1) is 14.4. The quantitative estimate of drug-likeness (QED) is 0.736. The summed E-state index contributed by atoms with van der Waals surface area (Å²) in [5.74, 6) is 0.0288. The summed E-state index contributed by atoms with van der Waals surface area (Å²) in [5.41, 5.74) is 5.57. The van der Waals surface area contributed by atoms with Gasteiger partial charge in [0.2, 0.25) is 5.91 Å². The van der Waals surface area contributed by atoms with E-state index in [9.17, 15) is 9.90 Å². The molecule has 0 radical (unpaired) electrons. The number of piperidine rings is 1. The van der Waals surface area contributed by atoms with Gasteiger partial charge in [0.05, 0.1) is 17.0 Å². The highest BCUT2D eigenvalue weighted by atomic mass is 32.1. The summed E-state index contributed by atoms with van der Waals surface area (Å²) in [4.78, 5) is 14.3. The van der Waals surface area contributed by atoms with Gasteiger partial charge < -0.3 is 15.7 Å². The van der Waals surface area contributed by atoms with Crippen LogP contribution in [-0.4, -0.2) is 40.1 Å². The van der Waals surface area contributed by atoms with Gasteiger partial charge in [0.25, 0.3) is 0 Å². The molecule has 0 bridgehead atoms. The van der Waals surface area contributed by atoms with E-state index in [1.54, 1.807) is 0 Å². The third-order valence-electron chi connectivity index (χ3n) is 3.58. The Bertz CT molecular complexity index is 286. The third kappa shape index (κ3) is 3.64. The molecule has 5 heteroatoms. The molecule has 1 aliphatic heterocycles. The van der Waals surface area contributed by atoms with Crippen LogP contribution in [0, 0.1) is 11.8 Å². The lowest BCUT2D eigenvalue weighted by molar-refractivity contribution is -0.135. The molecule has 2 unspecified atom stereocenters. The Morgan fingerprint density at radius 2 is 2.06 bits per heavy atom. The molecule has 1 amide bonds.